The van der Waals surface area contributed by atoms with Gasteiger partial charge < -0.3 is 9.84 Å². The number of nitriles is 1. The van der Waals surface area contributed by atoms with E-state index in [0.29, 0.717) is 23.6 Å². The van der Waals surface area contributed by atoms with Gasteiger partial charge in [0, 0.05) is 11.1 Å². The monoisotopic (exact) mass is 315 g/mol. The van der Waals surface area contributed by atoms with Gasteiger partial charge in [-0.05, 0) is 40.0 Å². The lowest BCUT2D eigenvalue weighted by Crippen LogP contribution is -2.27. The van der Waals surface area contributed by atoms with Crippen LogP contribution in [0.25, 0.3) is 0 Å². The Morgan fingerprint density at radius 2 is 2.35 bits per heavy atom. The van der Waals surface area contributed by atoms with Crippen LogP contribution in [-0.2, 0) is 4.74 Å². The molecule has 1 aromatic carbocycles. The van der Waals surface area contributed by atoms with E-state index >= 15 is 0 Å². The summed E-state index contributed by atoms with van der Waals surface area (Å²) in [5, 5.41) is 20.1. The van der Waals surface area contributed by atoms with Gasteiger partial charge in [-0.25, -0.2) is 0 Å². The minimum Gasteiger partial charge on any atom is -0.387 e. The van der Waals surface area contributed by atoms with Crippen molar-refractivity contribution in [1.29, 1.82) is 5.26 Å². The smallest absolute Gasteiger partial charge is 0.113 e. The summed E-state index contributed by atoms with van der Waals surface area (Å²) in [5.41, 5.74) is -0.206. The molecule has 2 atom stereocenters. The van der Waals surface area contributed by atoms with Crippen LogP contribution in [0.15, 0.2) is 22.7 Å². The minimum atomic E-state index is -0.874. The minimum absolute atomic E-state index is 0.262. The van der Waals surface area contributed by atoms with Crippen LogP contribution in [0.1, 0.15) is 18.1 Å². The van der Waals surface area contributed by atoms with Crippen molar-refractivity contribution in [1.82, 2.24) is 0 Å². The summed E-state index contributed by atoms with van der Waals surface area (Å²) in [6.45, 7) is 0.771. The zero-order valence-electron chi connectivity index (χ0n) is 8.99. The summed E-state index contributed by atoms with van der Waals surface area (Å²) in [4.78, 5) is 0. The first-order chi connectivity index (χ1) is 8.09. The third-order valence-corrected chi connectivity index (χ3v) is 4.29. The Bertz CT molecular complexity index is 466. The fourth-order valence-corrected chi connectivity index (χ4v) is 2.38. The van der Waals surface area contributed by atoms with E-state index < -0.39 is 11.5 Å². The van der Waals surface area contributed by atoms with Gasteiger partial charge in [0.1, 0.15) is 5.41 Å². The second kappa shape index (κ2) is 4.95. The lowest BCUT2D eigenvalue weighted by Gasteiger charge is -2.25. The average Bonchev–Trinajstić information content (AvgIpc) is 2.81. The lowest BCUT2D eigenvalue weighted by atomic mass is 9.80. The van der Waals surface area contributed by atoms with Crippen molar-refractivity contribution in [2.75, 3.05) is 13.2 Å². The molecular formula is C12H11BrClNO2. The zero-order chi connectivity index (χ0) is 12.5. The van der Waals surface area contributed by atoms with E-state index in [2.05, 4.69) is 22.0 Å². The van der Waals surface area contributed by atoms with Gasteiger partial charge in [-0.15, -0.1) is 0 Å². The molecule has 0 bridgehead atoms. The topological polar surface area (TPSA) is 53.2 Å². The summed E-state index contributed by atoms with van der Waals surface area (Å²) in [7, 11) is 0. The summed E-state index contributed by atoms with van der Waals surface area (Å²) in [6, 6.07) is 7.38. The number of hydrogen-bond donors (Lipinski definition) is 1. The van der Waals surface area contributed by atoms with Crippen molar-refractivity contribution in [3.63, 3.8) is 0 Å². The van der Waals surface area contributed by atoms with Crippen LogP contribution in [0.5, 0.6) is 0 Å². The highest BCUT2D eigenvalue weighted by Gasteiger charge is 2.43. The maximum absolute atomic E-state index is 10.3. The van der Waals surface area contributed by atoms with Crippen LogP contribution in [0, 0.1) is 16.7 Å². The Kier molecular flexibility index (Phi) is 3.74. The molecule has 17 heavy (non-hydrogen) atoms. The van der Waals surface area contributed by atoms with Gasteiger partial charge in [0.2, 0.25) is 0 Å². The van der Waals surface area contributed by atoms with Crippen LogP contribution >= 0.6 is 27.5 Å². The molecule has 1 N–H and O–H groups in total. The molecule has 0 spiro atoms. The number of hydrogen-bond acceptors (Lipinski definition) is 3. The van der Waals surface area contributed by atoms with Crippen LogP contribution in [0.3, 0.4) is 0 Å². The van der Waals surface area contributed by atoms with E-state index in [0.717, 1.165) is 4.47 Å². The van der Waals surface area contributed by atoms with Crippen molar-refractivity contribution < 1.29 is 9.84 Å². The van der Waals surface area contributed by atoms with Crippen LogP contribution in [-0.4, -0.2) is 18.3 Å². The lowest BCUT2D eigenvalue weighted by molar-refractivity contribution is 0.0504. The number of halogens is 2. The molecule has 3 nitrogen and oxygen atoms in total. The number of aliphatic hydroxyl groups is 1. The molecular weight excluding hydrogens is 305 g/mol. The van der Waals surface area contributed by atoms with Gasteiger partial charge in [0.25, 0.3) is 0 Å². The molecule has 1 aliphatic heterocycles. The molecule has 90 valence electrons. The van der Waals surface area contributed by atoms with Gasteiger partial charge in [0.05, 0.1) is 23.8 Å². The van der Waals surface area contributed by atoms with E-state index in [4.69, 9.17) is 16.3 Å². The molecule has 0 aliphatic carbocycles. The maximum Gasteiger partial charge on any atom is 0.113 e. The predicted octanol–water partition coefficient (Wildman–Crippen LogP) is 3.07. The molecule has 0 saturated carbocycles. The summed E-state index contributed by atoms with van der Waals surface area (Å²) in [6.07, 6.45) is -0.334. The Balaban J connectivity index is 2.33. The highest BCUT2D eigenvalue weighted by molar-refractivity contribution is 9.10. The number of aliphatic hydroxyl groups excluding tert-OH is 1. The van der Waals surface area contributed by atoms with Crippen molar-refractivity contribution in [2.45, 2.75) is 12.5 Å². The summed E-state index contributed by atoms with van der Waals surface area (Å²) >= 11 is 9.27. The van der Waals surface area contributed by atoms with Gasteiger partial charge in [-0.1, -0.05) is 17.7 Å². The fraction of sp³-hybridized carbons (Fsp3) is 0.417. The highest BCUT2D eigenvalue weighted by atomic mass is 79.9. The van der Waals surface area contributed by atoms with Gasteiger partial charge in [0.15, 0.2) is 0 Å². The van der Waals surface area contributed by atoms with Crippen molar-refractivity contribution in [3.8, 4) is 6.07 Å². The SMILES string of the molecule is N#CC1(C(O)c2ccc(Br)c(Cl)c2)CCOC1. The Labute approximate surface area is 113 Å². The van der Waals surface area contributed by atoms with Crippen LogP contribution in [0.4, 0.5) is 0 Å². The molecule has 5 heteroatoms. The Morgan fingerprint density at radius 3 is 2.88 bits per heavy atom. The third-order valence-electron chi connectivity index (χ3n) is 3.06. The first-order valence-corrected chi connectivity index (χ1v) is 6.38. The predicted molar refractivity (Wildman–Crippen MR) is 67.6 cm³/mol. The quantitative estimate of drug-likeness (QED) is 0.912. The van der Waals surface area contributed by atoms with E-state index in [1.807, 2.05) is 0 Å². The first kappa shape index (κ1) is 12.8. The van der Waals surface area contributed by atoms with Crippen LogP contribution < -0.4 is 0 Å². The fourth-order valence-electron chi connectivity index (χ4n) is 1.95. The van der Waals surface area contributed by atoms with Crippen molar-refractivity contribution in [3.05, 3.63) is 33.3 Å². The molecule has 1 aromatic rings. The average molecular weight is 317 g/mol. The molecule has 1 fully saturated rings. The largest absolute Gasteiger partial charge is 0.387 e. The maximum atomic E-state index is 10.3. The van der Waals surface area contributed by atoms with Gasteiger partial charge in [-0.2, -0.15) is 5.26 Å². The second-order valence-corrected chi connectivity index (χ2v) is 5.41. The molecule has 0 amide bonds. The van der Waals surface area contributed by atoms with Gasteiger partial charge >= 0.3 is 0 Å². The first-order valence-electron chi connectivity index (χ1n) is 5.21. The van der Waals surface area contributed by atoms with Gasteiger partial charge in [-0.3, -0.25) is 0 Å². The number of benzene rings is 1. The standard InChI is InChI=1S/C12H11BrClNO2/c13-9-2-1-8(5-10(9)14)11(16)12(6-15)3-4-17-7-12/h1-2,5,11,16H,3-4,7H2. The normalized spacial score (nSPS) is 25.5. The zero-order valence-corrected chi connectivity index (χ0v) is 11.3. The van der Waals surface area contributed by atoms with E-state index in [1.165, 1.54) is 0 Å². The molecule has 1 saturated heterocycles. The van der Waals surface area contributed by atoms with E-state index in [-0.39, 0.29) is 6.61 Å². The summed E-state index contributed by atoms with van der Waals surface area (Å²) in [5.74, 6) is 0. The molecule has 2 rings (SSSR count). The van der Waals surface area contributed by atoms with E-state index in [9.17, 15) is 10.4 Å². The number of ether oxygens (including phenoxy) is 1. The highest BCUT2D eigenvalue weighted by Crippen LogP contribution is 2.41. The molecule has 0 radical (unpaired) electrons. The summed E-state index contributed by atoms with van der Waals surface area (Å²) < 4.78 is 5.99. The number of rotatable bonds is 2. The Hall–Kier alpha value is -0.600. The number of nitrogens with zero attached hydrogens (tertiary/aromatic N) is 1. The molecule has 1 heterocycles. The van der Waals surface area contributed by atoms with Crippen molar-refractivity contribution >= 4 is 27.5 Å². The Morgan fingerprint density at radius 1 is 1.59 bits per heavy atom. The second-order valence-electron chi connectivity index (χ2n) is 4.15. The molecule has 1 aliphatic rings. The van der Waals surface area contributed by atoms with Crippen molar-refractivity contribution in [2.24, 2.45) is 5.41 Å². The molecule has 2 unspecified atom stereocenters. The van der Waals surface area contributed by atoms with E-state index in [1.54, 1.807) is 18.2 Å². The third kappa shape index (κ3) is 2.34. The molecule has 0 aromatic heterocycles. The van der Waals surface area contributed by atoms with Crippen LogP contribution in [0.2, 0.25) is 5.02 Å².